The zero-order valence-electron chi connectivity index (χ0n) is 16.6. The summed E-state index contributed by atoms with van der Waals surface area (Å²) < 4.78 is 0. The van der Waals surface area contributed by atoms with Crippen LogP contribution in [0.4, 0.5) is 17.1 Å². The summed E-state index contributed by atoms with van der Waals surface area (Å²) in [5, 5.41) is 12.2. The van der Waals surface area contributed by atoms with Gasteiger partial charge in [-0.1, -0.05) is 41.9 Å². The third-order valence-corrected chi connectivity index (χ3v) is 5.13. The second-order valence-corrected chi connectivity index (χ2v) is 7.73. The molecule has 0 saturated carbocycles. The number of rotatable bonds is 4. The minimum absolute atomic E-state index is 0.131. The normalized spacial score (nSPS) is 10.5. The first-order valence-electron chi connectivity index (χ1n) is 9.59. The van der Waals surface area contributed by atoms with Crippen molar-refractivity contribution >= 4 is 62.7 Å². The van der Waals surface area contributed by atoms with Crippen LogP contribution in [0.1, 0.15) is 6.92 Å². The van der Waals surface area contributed by atoms with Crippen molar-refractivity contribution in [2.24, 2.45) is 0 Å². The summed E-state index contributed by atoms with van der Waals surface area (Å²) in [5.74, 6) is -0.131. The molecule has 31 heavy (non-hydrogen) atoms. The lowest BCUT2D eigenvalue weighted by atomic mass is 10.0. The molecule has 3 N–H and O–H groups in total. The Balaban J connectivity index is 1.56. The van der Waals surface area contributed by atoms with Gasteiger partial charge in [0.05, 0.1) is 10.7 Å². The fraction of sp³-hybridized carbons (Fsp3) is 0.0417. The summed E-state index contributed by atoms with van der Waals surface area (Å²) in [6, 6.07) is 23.0. The smallest absolute Gasteiger partial charge is 0.221 e. The van der Waals surface area contributed by atoms with Crippen LogP contribution in [0.15, 0.2) is 79.0 Å². The second kappa shape index (κ2) is 9.12. The molecular weight excluding hydrogens is 428 g/mol. The van der Waals surface area contributed by atoms with Crippen molar-refractivity contribution in [3.63, 3.8) is 0 Å². The van der Waals surface area contributed by atoms with E-state index in [1.165, 1.54) is 6.92 Å². The van der Waals surface area contributed by atoms with Gasteiger partial charge in [-0.25, -0.2) is 0 Å². The minimum atomic E-state index is -0.131. The molecule has 0 spiro atoms. The maximum Gasteiger partial charge on any atom is 0.221 e. The van der Waals surface area contributed by atoms with Crippen molar-refractivity contribution in [2.75, 3.05) is 16.0 Å². The van der Waals surface area contributed by atoms with Crippen LogP contribution in [0, 0.1) is 0 Å². The Bertz CT molecular complexity index is 1290. The van der Waals surface area contributed by atoms with Crippen LogP contribution in [-0.4, -0.2) is 16.0 Å². The molecule has 0 atom stereocenters. The molecule has 0 bridgehead atoms. The first-order valence-corrected chi connectivity index (χ1v) is 10.4. The lowest BCUT2D eigenvalue weighted by Crippen LogP contribution is -2.19. The van der Waals surface area contributed by atoms with Gasteiger partial charge in [0.25, 0.3) is 0 Å². The second-order valence-electron chi connectivity index (χ2n) is 6.92. The average Bonchev–Trinajstić information content (AvgIpc) is 2.74. The number of fused-ring (bicyclic) bond motifs is 1. The fourth-order valence-corrected chi connectivity index (χ4v) is 3.73. The van der Waals surface area contributed by atoms with Crippen LogP contribution < -0.4 is 16.0 Å². The molecule has 0 radical (unpaired) electrons. The molecule has 0 aliphatic heterocycles. The molecule has 1 amide bonds. The van der Waals surface area contributed by atoms with Crippen molar-refractivity contribution in [1.29, 1.82) is 0 Å². The van der Waals surface area contributed by atoms with Gasteiger partial charge in [0.1, 0.15) is 0 Å². The summed E-state index contributed by atoms with van der Waals surface area (Å²) in [6.45, 7) is 1.47. The van der Waals surface area contributed by atoms with E-state index >= 15 is 0 Å². The Labute approximate surface area is 190 Å². The fourth-order valence-electron chi connectivity index (χ4n) is 3.29. The lowest BCUT2D eigenvalue weighted by molar-refractivity contribution is -0.114. The standard InChI is InChI=1S/C24H19ClN4OS/c1-15(30)27-17-6-4-7-18(13-17)28-24(31)29-19-9-10-22(25)21(14-19)23-20-8-3-2-5-16(20)11-12-26-23/h2-14H,1H3,(H,27,30)(H2,28,29,31). The number of hydrogen-bond donors (Lipinski definition) is 3. The SMILES string of the molecule is CC(=O)Nc1cccc(NC(=S)Nc2ccc(Cl)c(-c3nccc4ccccc34)c2)c1. The Kier molecular flexibility index (Phi) is 6.11. The Hall–Kier alpha value is -3.48. The number of nitrogens with zero attached hydrogens (tertiary/aromatic N) is 1. The van der Waals surface area contributed by atoms with Crippen LogP contribution in [0.5, 0.6) is 0 Å². The van der Waals surface area contributed by atoms with E-state index in [1.54, 1.807) is 6.20 Å². The zero-order chi connectivity index (χ0) is 21.8. The van der Waals surface area contributed by atoms with Gasteiger partial charge in [-0.3, -0.25) is 9.78 Å². The molecule has 154 valence electrons. The topological polar surface area (TPSA) is 66.1 Å². The van der Waals surface area contributed by atoms with Gasteiger partial charge in [0.2, 0.25) is 5.91 Å². The van der Waals surface area contributed by atoms with Crippen molar-refractivity contribution in [3.05, 3.63) is 84.0 Å². The Morgan fingerprint density at radius 2 is 1.58 bits per heavy atom. The van der Waals surface area contributed by atoms with Gasteiger partial charge < -0.3 is 16.0 Å². The molecule has 7 heteroatoms. The summed E-state index contributed by atoms with van der Waals surface area (Å²) in [5.41, 5.74) is 3.86. The monoisotopic (exact) mass is 446 g/mol. The van der Waals surface area contributed by atoms with Crippen LogP contribution in [0.3, 0.4) is 0 Å². The van der Waals surface area contributed by atoms with Crippen molar-refractivity contribution in [3.8, 4) is 11.3 Å². The zero-order valence-corrected chi connectivity index (χ0v) is 18.2. The van der Waals surface area contributed by atoms with Crippen molar-refractivity contribution in [1.82, 2.24) is 4.98 Å². The van der Waals surface area contributed by atoms with Gasteiger partial charge >= 0.3 is 0 Å². The molecule has 0 unspecified atom stereocenters. The Morgan fingerprint density at radius 1 is 0.871 bits per heavy atom. The summed E-state index contributed by atoms with van der Waals surface area (Å²) in [6.07, 6.45) is 1.78. The van der Waals surface area contributed by atoms with Gasteiger partial charge in [-0.2, -0.15) is 0 Å². The number of hydrogen-bond acceptors (Lipinski definition) is 3. The number of anilines is 3. The summed E-state index contributed by atoms with van der Waals surface area (Å²) in [4.78, 5) is 15.8. The third kappa shape index (κ3) is 4.99. The van der Waals surface area contributed by atoms with Crippen molar-refractivity contribution < 1.29 is 4.79 Å². The van der Waals surface area contributed by atoms with Gasteiger partial charge in [0, 0.05) is 41.1 Å². The molecular formula is C24H19ClN4OS. The third-order valence-electron chi connectivity index (χ3n) is 4.59. The number of pyridine rings is 1. The predicted octanol–water partition coefficient (Wildman–Crippen LogP) is 6.32. The number of benzene rings is 3. The highest BCUT2D eigenvalue weighted by molar-refractivity contribution is 7.80. The predicted molar refractivity (Wildman–Crippen MR) is 133 cm³/mol. The molecule has 1 heterocycles. The molecule has 0 saturated heterocycles. The minimum Gasteiger partial charge on any atom is -0.332 e. The van der Waals surface area contributed by atoms with Crippen LogP contribution in [0.25, 0.3) is 22.0 Å². The average molecular weight is 447 g/mol. The molecule has 4 rings (SSSR count). The highest BCUT2D eigenvalue weighted by Gasteiger charge is 2.11. The number of halogens is 1. The lowest BCUT2D eigenvalue weighted by Gasteiger charge is -2.14. The summed E-state index contributed by atoms with van der Waals surface area (Å²) in [7, 11) is 0. The number of carbonyl (C=O) groups excluding carboxylic acids is 1. The summed E-state index contributed by atoms with van der Waals surface area (Å²) >= 11 is 12.0. The van der Waals surface area contributed by atoms with E-state index in [9.17, 15) is 4.79 Å². The first-order chi connectivity index (χ1) is 15.0. The van der Waals surface area contributed by atoms with E-state index in [2.05, 4.69) is 20.9 Å². The molecule has 3 aromatic carbocycles. The van der Waals surface area contributed by atoms with Crippen LogP contribution in [0.2, 0.25) is 5.02 Å². The molecule has 0 aliphatic carbocycles. The molecule has 1 aromatic heterocycles. The van der Waals surface area contributed by atoms with E-state index < -0.39 is 0 Å². The van der Waals surface area contributed by atoms with Crippen molar-refractivity contribution in [2.45, 2.75) is 6.92 Å². The first kappa shape index (κ1) is 20.8. The van der Waals surface area contributed by atoms with E-state index in [1.807, 2.05) is 72.8 Å². The molecule has 5 nitrogen and oxygen atoms in total. The number of aromatic nitrogens is 1. The highest BCUT2D eigenvalue weighted by atomic mass is 35.5. The van der Waals surface area contributed by atoms with Gasteiger partial charge in [-0.15, -0.1) is 0 Å². The number of thiocarbonyl (C=S) groups is 1. The van der Waals surface area contributed by atoms with E-state index in [4.69, 9.17) is 23.8 Å². The van der Waals surface area contributed by atoms with E-state index in [0.717, 1.165) is 33.4 Å². The Morgan fingerprint density at radius 3 is 2.35 bits per heavy atom. The molecule has 0 fully saturated rings. The number of amides is 1. The molecule has 4 aromatic rings. The molecule has 0 aliphatic rings. The van der Waals surface area contributed by atoms with E-state index in [0.29, 0.717) is 15.8 Å². The van der Waals surface area contributed by atoms with E-state index in [-0.39, 0.29) is 5.91 Å². The largest absolute Gasteiger partial charge is 0.332 e. The maximum absolute atomic E-state index is 11.3. The van der Waals surface area contributed by atoms with Crippen LogP contribution in [-0.2, 0) is 4.79 Å². The van der Waals surface area contributed by atoms with Crippen LogP contribution >= 0.6 is 23.8 Å². The van der Waals surface area contributed by atoms with Gasteiger partial charge in [0.15, 0.2) is 5.11 Å². The number of nitrogens with one attached hydrogen (secondary N) is 3. The quantitative estimate of drug-likeness (QED) is 0.320. The number of carbonyl (C=O) groups is 1. The maximum atomic E-state index is 11.3. The highest BCUT2D eigenvalue weighted by Crippen LogP contribution is 2.33. The van der Waals surface area contributed by atoms with Gasteiger partial charge in [-0.05, 0) is 60.1 Å².